The van der Waals surface area contributed by atoms with E-state index in [1.165, 1.54) is 24.8 Å². The summed E-state index contributed by atoms with van der Waals surface area (Å²) in [6.07, 6.45) is 5.81. The molecule has 1 aromatic rings. The topological polar surface area (TPSA) is 21.3 Å². The first-order valence-corrected chi connectivity index (χ1v) is 7.19. The average Bonchev–Trinajstić information content (AvgIpc) is 2.42. The van der Waals surface area contributed by atoms with Gasteiger partial charge >= 0.3 is 0 Å². The molecular weight excluding hydrogens is 222 g/mol. The van der Waals surface area contributed by atoms with Gasteiger partial charge in [-0.15, -0.1) is 0 Å². The molecule has 0 saturated heterocycles. The van der Waals surface area contributed by atoms with Crippen molar-refractivity contribution < 1.29 is 4.74 Å². The number of rotatable bonds is 9. The van der Waals surface area contributed by atoms with Crippen LogP contribution in [-0.2, 0) is 6.42 Å². The molecule has 1 atom stereocenters. The number of hydrogen-bond acceptors (Lipinski definition) is 2. The number of para-hydroxylation sites is 1. The second kappa shape index (κ2) is 8.98. The van der Waals surface area contributed by atoms with E-state index in [0.29, 0.717) is 6.04 Å². The minimum Gasteiger partial charge on any atom is -0.493 e. The first kappa shape index (κ1) is 15.0. The molecule has 0 amide bonds. The summed E-state index contributed by atoms with van der Waals surface area (Å²) in [4.78, 5) is 0. The third kappa shape index (κ3) is 5.09. The number of nitrogens with one attached hydrogen (secondary N) is 1. The van der Waals surface area contributed by atoms with Gasteiger partial charge in [-0.3, -0.25) is 0 Å². The second-order valence-corrected chi connectivity index (χ2v) is 4.77. The maximum atomic E-state index is 5.79. The fourth-order valence-electron chi connectivity index (χ4n) is 2.17. The van der Waals surface area contributed by atoms with Crippen molar-refractivity contribution in [1.82, 2.24) is 5.32 Å². The van der Waals surface area contributed by atoms with Gasteiger partial charge < -0.3 is 10.1 Å². The van der Waals surface area contributed by atoms with Crippen molar-refractivity contribution in [2.75, 3.05) is 13.7 Å². The van der Waals surface area contributed by atoms with Gasteiger partial charge in [0.2, 0.25) is 0 Å². The molecule has 2 heteroatoms. The standard InChI is InChI=1S/C16H27NO/c1-4-8-15(17-3)12-11-14-9-6-7-10-16(14)18-13-5-2/h6-7,9-10,15,17H,4-5,8,11-13H2,1-3H3. The van der Waals surface area contributed by atoms with E-state index in [1.807, 2.05) is 0 Å². The van der Waals surface area contributed by atoms with Gasteiger partial charge in [0.1, 0.15) is 5.75 Å². The lowest BCUT2D eigenvalue weighted by atomic mass is 10.0. The molecule has 2 nitrogen and oxygen atoms in total. The lowest BCUT2D eigenvalue weighted by molar-refractivity contribution is 0.313. The van der Waals surface area contributed by atoms with Gasteiger partial charge in [0.25, 0.3) is 0 Å². The average molecular weight is 249 g/mol. The summed E-state index contributed by atoms with van der Waals surface area (Å²) in [5, 5.41) is 3.40. The first-order valence-electron chi connectivity index (χ1n) is 7.19. The molecule has 1 rings (SSSR count). The van der Waals surface area contributed by atoms with E-state index in [0.717, 1.165) is 25.2 Å². The third-order valence-corrected chi connectivity index (χ3v) is 3.24. The van der Waals surface area contributed by atoms with E-state index in [-0.39, 0.29) is 0 Å². The lowest BCUT2D eigenvalue weighted by Crippen LogP contribution is -2.25. The molecule has 0 heterocycles. The highest BCUT2D eigenvalue weighted by Gasteiger charge is 2.08. The molecule has 0 spiro atoms. The highest BCUT2D eigenvalue weighted by molar-refractivity contribution is 5.33. The Morgan fingerprint density at radius 2 is 1.89 bits per heavy atom. The molecular formula is C16H27NO. The first-order chi connectivity index (χ1) is 8.81. The van der Waals surface area contributed by atoms with Gasteiger partial charge in [-0.25, -0.2) is 0 Å². The predicted octanol–water partition coefficient (Wildman–Crippen LogP) is 3.80. The summed E-state index contributed by atoms with van der Waals surface area (Å²) in [7, 11) is 2.06. The summed E-state index contributed by atoms with van der Waals surface area (Å²) in [5.41, 5.74) is 1.34. The minimum absolute atomic E-state index is 0.620. The van der Waals surface area contributed by atoms with Crippen LogP contribution in [0.1, 0.15) is 45.1 Å². The normalized spacial score (nSPS) is 12.4. The van der Waals surface area contributed by atoms with Crippen LogP contribution in [0.2, 0.25) is 0 Å². The Bertz CT molecular complexity index is 325. The Labute approximate surface area is 112 Å². The third-order valence-electron chi connectivity index (χ3n) is 3.24. The molecule has 0 aliphatic rings. The zero-order valence-corrected chi connectivity index (χ0v) is 12.0. The quantitative estimate of drug-likeness (QED) is 0.719. The SMILES string of the molecule is CCCOc1ccccc1CCC(CCC)NC. The Hall–Kier alpha value is -1.02. The zero-order valence-electron chi connectivity index (χ0n) is 12.0. The van der Waals surface area contributed by atoms with Crippen molar-refractivity contribution in [3.63, 3.8) is 0 Å². The van der Waals surface area contributed by atoms with Gasteiger partial charge in [-0.05, 0) is 44.4 Å². The number of ether oxygens (including phenoxy) is 1. The van der Waals surface area contributed by atoms with Crippen LogP contribution in [0, 0.1) is 0 Å². The zero-order chi connectivity index (χ0) is 13.2. The molecule has 0 saturated carbocycles. The summed E-state index contributed by atoms with van der Waals surface area (Å²) in [6.45, 7) is 5.19. The highest BCUT2D eigenvalue weighted by atomic mass is 16.5. The predicted molar refractivity (Wildman–Crippen MR) is 78.3 cm³/mol. The van der Waals surface area contributed by atoms with Gasteiger partial charge in [0, 0.05) is 6.04 Å². The lowest BCUT2D eigenvalue weighted by Gasteiger charge is -2.16. The number of benzene rings is 1. The van der Waals surface area contributed by atoms with Gasteiger partial charge in [-0.1, -0.05) is 38.5 Å². The summed E-state index contributed by atoms with van der Waals surface area (Å²) >= 11 is 0. The molecule has 18 heavy (non-hydrogen) atoms. The molecule has 0 bridgehead atoms. The molecule has 102 valence electrons. The van der Waals surface area contributed by atoms with Crippen molar-refractivity contribution in [2.24, 2.45) is 0 Å². The van der Waals surface area contributed by atoms with Crippen LogP contribution in [0.5, 0.6) is 5.75 Å². The Morgan fingerprint density at radius 1 is 1.11 bits per heavy atom. The number of hydrogen-bond donors (Lipinski definition) is 1. The number of aryl methyl sites for hydroxylation is 1. The molecule has 0 radical (unpaired) electrons. The van der Waals surface area contributed by atoms with Gasteiger partial charge in [-0.2, -0.15) is 0 Å². The smallest absolute Gasteiger partial charge is 0.122 e. The van der Waals surface area contributed by atoms with Crippen LogP contribution < -0.4 is 10.1 Å². The molecule has 0 aromatic heterocycles. The molecule has 0 fully saturated rings. The van der Waals surface area contributed by atoms with Gasteiger partial charge in [0.05, 0.1) is 6.61 Å². The van der Waals surface area contributed by atoms with E-state index < -0.39 is 0 Å². The van der Waals surface area contributed by atoms with E-state index >= 15 is 0 Å². The monoisotopic (exact) mass is 249 g/mol. The van der Waals surface area contributed by atoms with E-state index in [2.05, 4.69) is 50.5 Å². The summed E-state index contributed by atoms with van der Waals surface area (Å²) < 4.78 is 5.79. The highest BCUT2D eigenvalue weighted by Crippen LogP contribution is 2.20. The fourth-order valence-corrected chi connectivity index (χ4v) is 2.17. The summed E-state index contributed by atoms with van der Waals surface area (Å²) in [5.74, 6) is 1.06. The molecule has 1 N–H and O–H groups in total. The van der Waals surface area contributed by atoms with Crippen LogP contribution in [0.25, 0.3) is 0 Å². The Kier molecular flexibility index (Phi) is 7.51. The Morgan fingerprint density at radius 3 is 2.56 bits per heavy atom. The maximum Gasteiger partial charge on any atom is 0.122 e. The van der Waals surface area contributed by atoms with Crippen molar-refractivity contribution in [3.05, 3.63) is 29.8 Å². The van der Waals surface area contributed by atoms with Crippen LogP contribution in [0.4, 0.5) is 0 Å². The van der Waals surface area contributed by atoms with E-state index in [1.54, 1.807) is 0 Å². The van der Waals surface area contributed by atoms with Crippen LogP contribution in [0.3, 0.4) is 0 Å². The molecule has 1 aromatic carbocycles. The molecule has 0 aliphatic carbocycles. The van der Waals surface area contributed by atoms with Crippen molar-refractivity contribution >= 4 is 0 Å². The molecule has 1 unspecified atom stereocenters. The van der Waals surface area contributed by atoms with E-state index in [4.69, 9.17) is 4.74 Å². The van der Waals surface area contributed by atoms with Crippen molar-refractivity contribution in [3.8, 4) is 5.75 Å². The van der Waals surface area contributed by atoms with Crippen molar-refractivity contribution in [1.29, 1.82) is 0 Å². The minimum atomic E-state index is 0.620. The van der Waals surface area contributed by atoms with E-state index in [9.17, 15) is 0 Å². The van der Waals surface area contributed by atoms with Crippen LogP contribution in [0.15, 0.2) is 24.3 Å². The Balaban J connectivity index is 2.54. The largest absolute Gasteiger partial charge is 0.493 e. The fraction of sp³-hybridized carbons (Fsp3) is 0.625. The second-order valence-electron chi connectivity index (χ2n) is 4.77. The summed E-state index contributed by atoms with van der Waals surface area (Å²) in [6, 6.07) is 9.04. The van der Waals surface area contributed by atoms with Gasteiger partial charge in [0.15, 0.2) is 0 Å². The maximum absolute atomic E-state index is 5.79. The van der Waals surface area contributed by atoms with Crippen molar-refractivity contribution in [2.45, 2.75) is 52.0 Å². The van der Waals surface area contributed by atoms with Crippen LogP contribution in [-0.4, -0.2) is 19.7 Å². The van der Waals surface area contributed by atoms with Crippen LogP contribution >= 0.6 is 0 Å². The molecule has 0 aliphatic heterocycles.